The summed E-state index contributed by atoms with van der Waals surface area (Å²) < 4.78 is 6.23. The zero-order valence-corrected chi connectivity index (χ0v) is 29.9. The van der Waals surface area contributed by atoms with Gasteiger partial charge in [-0.1, -0.05) is 8.93 Å². The van der Waals surface area contributed by atoms with Gasteiger partial charge in [-0.2, -0.15) is 0 Å². The Morgan fingerprint density at radius 1 is 1.16 bits per heavy atom. The molecule has 0 aromatic carbocycles. The standard InChI is InChI=1S/C10H26N3O5P13/c1-11-5-4-8(13(16)17)6-2-3-7(12(6)9(5)14)10(15)18-26(30(25)27(19)20)31(28(21)22)29(23)24/h5,7,11H,2-4,19-25H2,1H3. The molecular formula is C10H26N3O5P13. The summed E-state index contributed by atoms with van der Waals surface area (Å²) in [7, 11) is 20.7. The second kappa shape index (κ2) is 14.0. The number of hydrogen-bond donors (Lipinski definition) is 1. The van der Waals surface area contributed by atoms with Gasteiger partial charge in [0.25, 0.3) is 5.70 Å². The lowest BCUT2D eigenvalue weighted by Crippen LogP contribution is -2.52. The zero-order valence-electron chi connectivity index (χ0n) is 16.4. The molecule has 2 aliphatic heterocycles. The molecule has 2 rings (SSSR count). The quantitative estimate of drug-likeness (QED) is 0.163. The summed E-state index contributed by atoms with van der Waals surface area (Å²) in [5.41, 5.74) is 0.378. The van der Waals surface area contributed by atoms with Crippen molar-refractivity contribution in [3.05, 3.63) is 21.5 Å². The smallest absolute Gasteiger partial charge is 0.332 e. The molecule has 1 fully saturated rings. The minimum atomic E-state index is -1.04. The highest BCUT2D eigenvalue weighted by atomic mass is 33.2. The van der Waals surface area contributed by atoms with Crippen LogP contribution in [-0.2, 0) is 14.1 Å². The molecule has 0 aliphatic carbocycles. The fourth-order valence-electron chi connectivity index (χ4n) is 3.16. The van der Waals surface area contributed by atoms with E-state index in [-0.39, 0.29) is 18.0 Å². The predicted octanol–water partition coefficient (Wildman–Crippen LogP) is 6.91. The van der Waals surface area contributed by atoms with Crippen molar-refractivity contribution in [1.82, 2.24) is 10.2 Å². The van der Waals surface area contributed by atoms with Crippen molar-refractivity contribution >= 4 is 117 Å². The number of amides is 1. The topological polar surface area (TPSA) is 102 Å². The van der Waals surface area contributed by atoms with Crippen LogP contribution in [0, 0.1) is 10.1 Å². The van der Waals surface area contributed by atoms with Crippen LogP contribution in [0.5, 0.6) is 0 Å². The van der Waals surface area contributed by atoms with Gasteiger partial charge in [0.2, 0.25) is 5.91 Å². The minimum absolute atomic E-state index is 0.0161. The number of carbonyl (C=O) groups excluding carboxylic acids is 2. The third-order valence-electron chi connectivity index (χ3n) is 4.51. The Bertz CT molecular complexity index is 745. The van der Waals surface area contributed by atoms with Gasteiger partial charge in [-0.05, 0) is 40.9 Å². The molecule has 31 heavy (non-hydrogen) atoms. The van der Waals surface area contributed by atoms with Gasteiger partial charge >= 0.3 is 5.97 Å². The number of fused-ring (bicyclic) bond motifs is 1. The average molecular weight is 671 g/mol. The molecule has 11 unspecified atom stereocenters. The highest BCUT2D eigenvalue weighted by Crippen LogP contribution is 3.17. The van der Waals surface area contributed by atoms with E-state index in [4.69, 9.17) is 4.52 Å². The van der Waals surface area contributed by atoms with Gasteiger partial charge in [0.15, 0.2) is 7.53 Å². The van der Waals surface area contributed by atoms with Gasteiger partial charge in [-0.15, -0.1) is 53.6 Å². The molecule has 0 saturated carbocycles. The Kier molecular flexibility index (Phi) is 13.9. The minimum Gasteiger partial charge on any atom is -0.433 e. The number of nitrogens with one attached hydrogen (secondary N) is 1. The summed E-state index contributed by atoms with van der Waals surface area (Å²) in [6.45, 7) is -2.52. The number of allylic oxidation sites excluding steroid dienone is 1. The van der Waals surface area contributed by atoms with Crippen molar-refractivity contribution in [2.45, 2.75) is 31.3 Å². The van der Waals surface area contributed by atoms with E-state index in [1.54, 1.807) is 7.05 Å². The van der Waals surface area contributed by atoms with Gasteiger partial charge in [-0.3, -0.25) is 19.8 Å². The Morgan fingerprint density at radius 3 is 2.19 bits per heavy atom. The normalized spacial score (nSPS) is 23.7. The maximum absolute atomic E-state index is 13.4. The molecule has 0 bridgehead atoms. The third-order valence-corrected chi connectivity index (χ3v) is 75.1. The van der Waals surface area contributed by atoms with E-state index in [1.807, 2.05) is 0 Å². The van der Waals surface area contributed by atoms with E-state index in [1.165, 1.54) is 4.90 Å². The van der Waals surface area contributed by atoms with Crippen LogP contribution in [0.15, 0.2) is 11.4 Å². The maximum atomic E-state index is 13.4. The first-order chi connectivity index (χ1) is 14.4. The van der Waals surface area contributed by atoms with Crippen molar-refractivity contribution in [3.63, 3.8) is 0 Å². The lowest BCUT2D eigenvalue weighted by atomic mass is 10.0. The van der Waals surface area contributed by atoms with Crippen LogP contribution >= 0.6 is 105 Å². The molecule has 1 saturated heterocycles. The molecule has 1 amide bonds. The molecule has 0 aromatic rings. The first-order valence-corrected chi connectivity index (χ1v) is 31.4. The predicted molar refractivity (Wildman–Crippen MR) is 167 cm³/mol. The van der Waals surface area contributed by atoms with E-state index in [0.29, 0.717) is 18.5 Å². The largest absolute Gasteiger partial charge is 0.433 e. The Morgan fingerprint density at radius 2 is 1.74 bits per heavy atom. The highest BCUT2D eigenvalue weighted by Gasteiger charge is 2.50. The van der Waals surface area contributed by atoms with Crippen LogP contribution in [-0.4, -0.2) is 40.8 Å². The molecule has 2 aliphatic rings. The molecule has 0 aromatic heterocycles. The summed E-state index contributed by atoms with van der Waals surface area (Å²) in [5.74, 6) is -0.720. The van der Waals surface area contributed by atoms with Crippen LogP contribution in [0.2, 0.25) is 0 Å². The monoisotopic (exact) mass is 671 g/mol. The van der Waals surface area contributed by atoms with Crippen LogP contribution in [0.4, 0.5) is 0 Å². The Labute approximate surface area is 205 Å². The molecule has 0 radical (unpaired) electrons. The van der Waals surface area contributed by atoms with E-state index in [2.05, 4.69) is 67.8 Å². The van der Waals surface area contributed by atoms with Crippen molar-refractivity contribution < 1.29 is 19.0 Å². The first kappa shape index (κ1) is 30.9. The molecule has 176 valence electrons. The number of rotatable bonds is 9. The van der Waals surface area contributed by atoms with E-state index < -0.39 is 65.4 Å². The van der Waals surface area contributed by atoms with Crippen LogP contribution < -0.4 is 5.32 Å². The number of carbonyl (C=O) groups is 2. The number of nitro groups is 1. The van der Waals surface area contributed by atoms with Crippen molar-refractivity contribution in [2.24, 2.45) is 0 Å². The Hall–Kier alpha value is 3.63. The van der Waals surface area contributed by atoms with Crippen LogP contribution in [0.25, 0.3) is 0 Å². The summed E-state index contributed by atoms with van der Waals surface area (Å²) in [6.07, 6.45) is 0.720. The fraction of sp³-hybridized carbons (Fsp3) is 0.600. The molecule has 0 spiro atoms. The molecule has 2 heterocycles. The third kappa shape index (κ3) is 7.58. The van der Waals surface area contributed by atoms with E-state index in [0.717, 1.165) is 0 Å². The van der Waals surface area contributed by atoms with Gasteiger partial charge in [0.1, 0.15) is 6.04 Å². The van der Waals surface area contributed by atoms with Crippen LogP contribution in [0.3, 0.4) is 0 Å². The van der Waals surface area contributed by atoms with E-state index in [9.17, 15) is 19.7 Å². The summed E-state index contributed by atoms with van der Waals surface area (Å²) in [6, 6.07) is -1.51. The average Bonchev–Trinajstić information content (AvgIpc) is 3.11. The zero-order chi connectivity index (χ0) is 23.6. The van der Waals surface area contributed by atoms with Crippen LogP contribution in [0.1, 0.15) is 19.3 Å². The number of nitrogens with zero attached hydrogens (tertiary/aromatic N) is 2. The first-order valence-electron chi connectivity index (χ1n) is 8.54. The molecular weight excluding hydrogens is 645 g/mol. The molecule has 1 N–H and O–H groups in total. The van der Waals surface area contributed by atoms with Gasteiger partial charge in [0.05, 0.1) is 23.1 Å². The highest BCUT2D eigenvalue weighted by molar-refractivity contribution is 9.19. The lowest BCUT2D eigenvalue weighted by molar-refractivity contribution is -0.431. The summed E-state index contributed by atoms with van der Waals surface area (Å²) >= 11 is 0. The SMILES string of the molecule is CNC1CC([N+](=O)[O-])=C2CCC(C(=O)OP(P(P)P(P)P)P(P(P)P)P(P)P)N2C1=O. The fourth-order valence-corrected chi connectivity index (χ4v) is 98.3. The van der Waals surface area contributed by atoms with Crippen molar-refractivity contribution in [1.29, 1.82) is 0 Å². The molecule has 21 heteroatoms. The van der Waals surface area contributed by atoms with Crippen molar-refractivity contribution in [3.8, 4) is 0 Å². The summed E-state index contributed by atoms with van der Waals surface area (Å²) in [4.78, 5) is 38.9. The maximum Gasteiger partial charge on any atom is 0.332 e. The molecule has 8 nitrogen and oxygen atoms in total. The van der Waals surface area contributed by atoms with Crippen molar-refractivity contribution in [2.75, 3.05) is 7.05 Å². The number of hydrogen-bond acceptors (Lipinski definition) is 6. The second-order valence-corrected chi connectivity index (χ2v) is 55.1. The second-order valence-electron chi connectivity index (χ2n) is 6.35. The lowest BCUT2D eigenvalue weighted by Gasteiger charge is -2.38. The molecule has 11 atom stereocenters. The van der Waals surface area contributed by atoms with E-state index >= 15 is 0 Å². The van der Waals surface area contributed by atoms with Gasteiger partial charge < -0.3 is 9.84 Å². The summed E-state index contributed by atoms with van der Waals surface area (Å²) in [5, 5.41) is 14.4. The van der Waals surface area contributed by atoms with Gasteiger partial charge in [0, 0.05) is 14.0 Å². The Balaban J connectivity index is 2.37. The number of likely N-dealkylation sites (N-methyl/N-ethyl adjacent to an activating group) is 1. The van der Waals surface area contributed by atoms with Gasteiger partial charge in [-0.25, -0.2) is 4.79 Å².